The number of hydrogen-bond acceptors (Lipinski definition) is 4. The molecule has 0 saturated carbocycles. The smallest absolute Gasteiger partial charge is 0.303 e. The molecule has 4 rings (SSSR count). The molecule has 5 nitrogen and oxygen atoms in total. The van der Waals surface area contributed by atoms with E-state index in [1.807, 2.05) is 18.2 Å². The van der Waals surface area contributed by atoms with Crippen molar-refractivity contribution < 1.29 is 14.6 Å². The Bertz CT molecular complexity index is 1040. The van der Waals surface area contributed by atoms with Crippen LogP contribution in [0.2, 0.25) is 0 Å². The highest BCUT2D eigenvalue weighted by Gasteiger charge is 2.24. The van der Waals surface area contributed by atoms with Crippen LogP contribution in [0, 0.1) is 0 Å². The van der Waals surface area contributed by atoms with Gasteiger partial charge in [-0.05, 0) is 47.4 Å². The lowest BCUT2D eigenvalue weighted by molar-refractivity contribution is -0.136. The normalized spacial score (nSPS) is 16.7. The van der Waals surface area contributed by atoms with Gasteiger partial charge >= 0.3 is 5.97 Å². The van der Waals surface area contributed by atoms with Crippen LogP contribution in [0.15, 0.2) is 60.7 Å². The minimum Gasteiger partial charge on any atom is -0.485 e. The number of anilines is 1. The molecule has 1 heterocycles. The molecule has 2 unspecified atom stereocenters. The number of benzene rings is 3. The molecule has 30 heavy (non-hydrogen) atoms. The molecule has 0 aliphatic carbocycles. The fourth-order valence-corrected chi connectivity index (χ4v) is 4.15. The third-order valence-corrected chi connectivity index (χ3v) is 5.78. The second kappa shape index (κ2) is 8.76. The second-order valence-electron chi connectivity index (χ2n) is 8.01. The van der Waals surface area contributed by atoms with Crippen LogP contribution >= 0.6 is 0 Å². The first-order valence-corrected chi connectivity index (χ1v) is 10.4. The highest BCUT2D eigenvalue weighted by Crippen LogP contribution is 2.34. The van der Waals surface area contributed by atoms with Crippen LogP contribution in [-0.2, 0) is 11.2 Å². The minimum atomic E-state index is -0.782. The van der Waals surface area contributed by atoms with E-state index in [0.29, 0.717) is 6.42 Å². The lowest BCUT2D eigenvalue weighted by Gasteiger charge is -2.35. The van der Waals surface area contributed by atoms with Gasteiger partial charge in [-0.3, -0.25) is 4.79 Å². The third kappa shape index (κ3) is 4.41. The molecule has 0 amide bonds. The lowest BCUT2D eigenvalue weighted by atomic mass is 9.99. The van der Waals surface area contributed by atoms with Gasteiger partial charge < -0.3 is 20.1 Å². The van der Waals surface area contributed by atoms with Crippen molar-refractivity contribution in [3.63, 3.8) is 0 Å². The number of likely N-dealkylation sites (N-methyl/N-ethyl adjacent to an activating group) is 1. The molecule has 2 N–H and O–H groups in total. The van der Waals surface area contributed by atoms with Gasteiger partial charge in [0.05, 0.1) is 12.2 Å². The van der Waals surface area contributed by atoms with E-state index >= 15 is 0 Å². The molecule has 5 heteroatoms. The average Bonchev–Trinajstić information content (AvgIpc) is 2.75. The van der Waals surface area contributed by atoms with E-state index in [-0.39, 0.29) is 18.6 Å². The molecule has 3 aromatic rings. The quantitative estimate of drug-likeness (QED) is 0.611. The number of aryl methyl sites for hydroxylation is 1. The van der Waals surface area contributed by atoms with Crippen molar-refractivity contribution in [2.75, 3.05) is 25.0 Å². The van der Waals surface area contributed by atoms with Gasteiger partial charge in [0.2, 0.25) is 0 Å². The van der Waals surface area contributed by atoms with Gasteiger partial charge in [-0.15, -0.1) is 0 Å². The molecular weight excluding hydrogens is 376 g/mol. The predicted molar refractivity (Wildman–Crippen MR) is 120 cm³/mol. The summed E-state index contributed by atoms with van der Waals surface area (Å²) in [6, 6.07) is 21.1. The number of carboxylic acids is 1. The van der Waals surface area contributed by atoms with E-state index < -0.39 is 5.97 Å². The molecular formula is C25H28N2O3. The fraction of sp³-hybridized carbons (Fsp3) is 0.320. The minimum absolute atomic E-state index is 0.0228. The Morgan fingerprint density at radius 1 is 1.20 bits per heavy atom. The van der Waals surface area contributed by atoms with Crippen molar-refractivity contribution in [3.8, 4) is 5.75 Å². The summed E-state index contributed by atoms with van der Waals surface area (Å²) in [7, 11) is 2.07. The third-order valence-electron chi connectivity index (χ3n) is 5.78. The number of ether oxygens (including phenoxy) is 1. The molecule has 0 saturated heterocycles. The number of carboxylic acid groups (broad SMARTS) is 1. The highest BCUT2D eigenvalue weighted by atomic mass is 16.5. The number of nitrogens with one attached hydrogen (secondary N) is 1. The molecule has 1 aliphatic rings. The number of fused-ring (bicyclic) bond motifs is 2. The van der Waals surface area contributed by atoms with Gasteiger partial charge in [-0.25, -0.2) is 0 Å². The number of aliphatic carboxylic acids is 1. The van der Waals surface area contributed by atoms with Crippen LogP contribution in [0.4, 0.5) is 5.69 Å². The topological polar surface area (TPSA) is 61.8 Å². The predicted octanol–water partition coefficient (Wildman–Crippen LogP) is 4.41. The average molecular weight is 405 g/mol. The summed E-state index contributed by atoms with van der Waals surface area (Å²) in [6.45, 7) is 3.72. The second-order valence-corrected chi connectivity index (χ2v) is 8.01. The fourth-order valence-electron chi connectivity index (χ4n) is 4.15. The summed E-state index contributed by atoms with van der Waals surface area (Å²) in [5.74, 6) is 0.0477. The highest BCUT2D eigenvalue weighted by molar-refractivity contribution is 5.86. The molecule has 0 bridgehead atoms. The molecule has 156 valence electrons. The summed E-state index contributed by atoms with van der Waals surface area (Å²) in [6.07, 6.45) is 0.661. The molecule has 0 spiro atoms. The van der Waals surface area contributed by atoms with Crippen LogP contribution in [0.5, 0.6) is 5.75 Å². The zero-order valence-electron chi connectivity index (χ0n) is 17.5. The Morgan fingerprint density at radius 2 is 2.00 bits per heavy atom. The standard InChI is InChI=1S/C25H28N2O3/c1-17(21-9-5-7-19-6-3-4-8-22(19)21)26-15-20-16-27(2)23-12-10-18(11-13-25(28)29)14-24(23)30-20/h3-10,12,14,17,20,26H,11,13,15-16H2,1-2H3,(H,28,29). The van der Waals surface area contributed by atoms with Gasteiger partial charge in [0.25, 0.3) is 0 Å². The molecule has 0 aromatic heterocycles. The van der Waals surface area contributed by atoms with Gasteiger partial charge in [0.15, 0.2) is 0 Å². The summed E-state index contributed by atoms with van der Waals surface area (Å²) in [5, 5.41) is 15.1. The summed E-state index contributed by atoms with van der Waals surface area (Å²) in [5.41, 5.74) is 3.32. The molecule has 1 aliphatic heterocycles. The van der Waals surface area contributed by atoms with E-state index in [9.17, 15) is 4.79 Å². The van der Waals surface area contributed by atoms with Crippen LogP contribution in [0.3, 0.4) is 0 Å². The number of rotatable bonds is 7. The maximum Gasteiger partial charge on any atom is 0.303 e. The van der Waals surface area contributed by atoms with Gasteiger partial charge in [-0.2, -0.15) is 0 Å². The van der Waals surface area contributed by atoms with Crippen molar-refractivity contribution in [2.45, 2.75) is 31.9 Å². The Morgan fingerprint density at radius 3 is 2.83 bits per heavy atom. The van der Waals surface area contributed by atoms with Crippen molar-refractivity contribution in [1.29, 1.82) is 0 Å². The molecule has 0 fully saturated rings. The largest absolute Gasteiger partial charge is 0.485 e. The van der Waals surface area contributed by atoms with E-state index in [2.05, 4.69) is 66.7 Å². The van der Waals surface area contributed by atoms with E-state index in [1.54, 1.807) is 0 Å². The van der Waals surface area contributed by atoms with E-state index in [0.717, 1.165) is 30.1 Å². The van der Waals surface area contributed by atoms with E-state index in [1.165, 1.54) is 16.3 Å². The summed E-state index contributed by atoms with van der Waals surface area (Å²) >= 11 is 0. The van der Waals surface area contributed by atoms with Crippen molar-refractivity contribution in [3.05, 3.63) is 71.8 Å². The number of carbonyl (C=O) groups is 1. The summed E-state index contributed by atoms with van der Waals surface area (Å²) < 4.78 is 6.27. The van der Waals surface area contributed by atoms with Gasteiger partial charge in [0, 0.05) is 26.1 Å². The zero-order chi connectivity index (χ0) is 21.1. The maximum absolute atomic E-state index is 10.9. The lowest BCUT2D eigenvalue weighted by Crippen LogP contribution is -2.44. The Hall–Kier alpha value is -3.05. The van der Waals surface area contributed by atoms with Crippen molar-refractivity contribution in [2.24, 2.45) is 0 Å². The first-order chi connectivity index (χ1) is 14.5. The van der Waals surface area contributed by atoms with Gasteiger partial charge in [-0.1, -0.05) is 48.5 Å². The first kappa shape index (κ1) is 20.2. The van der Waals surface area contributed by atoms with Crippen molar-refractivity contribution in [1.82, 2.24) is 5.32 Å². The van der Waals surface area contributed by atoms with Crippen LogP contribution in [-0.4, -0.2) is 37.3 Å². The molecule has 0 radical (unpaired) electrons. The number of hydrogen-bond donors (Lipinski definition) is 2. The van der Waals surface area contributed by atoms with Gasteiger partial charge in [0.1, 0.15) is 11.9 Å². The monoisotopic (exact) mass is 404 g/mol. The van der Waals surface area contributed by atoms with Crippen LogP contribution in [0.25, 0.3) is 10.8 Å². The molecule has 3 aromatic carbocycles. The maximum atomic E-state index is 10.9. The van der Waals surface area contributed by atoms with Crippen LogP contribution in [0.1, 0.15) is 30.5 Å². The number of nitrogens with zero attached hydrogens (tertiary/aromatic N) is 1. The Balaban J connectivity index is 1.43. The SMILES string of the molecule is CC(NCC1CN(C)c2ccc(CCC(=O)O)cc2O1)c1cccc2ccccc12. The van der Waals surface area contributed by atoms with E-state index in [4.69, 9.17) is 9.84 Å². The van der Waals surface area contributed by atoms with Crippen LogP contribution < -0.4 is 15.0 Å². The zero-order valence-corrected chi connectivity index (χ0v) is 17.5. The first-order valence-electron chi connectivity index (χ1n) is 10.4. The van der Waals surface area contributed by atoms with Crippen molar-refractivity contribution >= 4 is 22.4 Å². The summed E-state index contributed by atoms with van der Waals surface area (Å²) in [4.78, 5) is 13.1. The molecule has 2 atom stereocenters. The Kier molecular flexibility index (Phi) is 5.91. The Labute approximate surface area is 177 Å².